The lowest BCUT2D eigenvalue weighted by atomic mass is 9.82. The molecule has 1 unspecified atom stereocenters. The summed E-state index contributed by atoms with van der Waals surface area (Å²) in [6.45, 7) is 0. The van der Waals surface area contributed by atoms with Crippen LogP contribution in [0.4, 0.5) is 0 Å². The van der Waals surface area contributed by atoms with Crippen LogP contribution in [0.1, 0.15) is 29.2 Å². The van der Waals surface area contributed by atoms with Crippen LogP contribution in [0, 0.1) is 0 Å². The van der Waals surface area contributed by atoms with E-state index in [0.717, 1.165) is 22.7 Å². The molecule has 0 saturated heterocycles. The molecule has 0 radical (unpaired) electrons. The molecule has 2 aromatic rings. The lowest BCUT2D eigenvalue weighted by Crippen LogP contribution is -2.18. The summed E-state index contributed by atoms with van der Waals surface area (Å²) >= 11 is 5.89. The van der Waals surface area contributed by atoms with Gasteiger partial charge in [-0.3, -0.25) is 5.10 Å². The fourth-order valence-corrected chi connectivity index (χ4v) is 2.57. The Hall–Kier alpha value is -1.81. The standard InChI is InChI=1S/C13H12ClN3O/c14-10-3-1-8(2-4-10)9-5-12-11(7-15-16-12)13(6-9)17-18/h1-4,7,9,18H,5-6H2,(H,15,16)/b17-13+. The predicted molar refractivity (Wildman–Crippen MR) is 69.4 cm³/mol. The van der Waals surface area contributed by atoms with Gasteiger partial charge in [0.15, 0.2) is 0 Å². The highest BCUT2D eigenvalue weighted by molar-refractivity contribution is 6.30. The Morgan fingerprint density at radius 3 is 2.78 bits per heavy atom. The molecule has 1 aliphatic carbocycles. The van der Waals surface area contributed by atoms with Crippen molar-refractivity contribution in [3.8, 4) is 0 Å². The van der Waals surface area contributed by atoms with Gasteiger partial charge in [0.2, 0.25) is 0 Å². The van der Waals surface area contributed by atoms with Crippen molar-refractivity contribution in [2.75, 3.05) is 0 Å². The number of aromatic amines is 1. The quantitative estimate of drug-likeness (QED) is 0.612. The van der Waals surface area contributed by atoms with Gasteiger partial charge in [0.05, 0.1) is 11.9 Å². The first kappa shape index (κ1) is 11.3. The van der Waals surface area contributed by atoms with E-state index in [4.69, 9.17) is 16.8 Å². The summed E-state index contributed by atoms with van der Waals surface area (Å²) in [4.78, 5) is 0. The first-order valence-electron chi connectivity index (χ1n) is 5.77. The van der Waals surface area contributed by atoms with Crippen LogP contribution in [-0.4, -0.2) is 21.1 Å². The topological polar surface area (TPSA) is 61.3 Å². The number of nitrogens with one attached hydrogen (secondary N) is 1. The fraction of sp³-hybridized carbons (Fsp3) is 0.231. The molecule has 0 aliphatic heterocycles. The van der Waals surface area contributed by atoms with E-state index in [0.29, 0.717) is 18.1 Å². The van der Waals surface area contributed by atoms with E-state index >= 15 is 0 Å². The van der Waals surface area contributed by atoms with E-state index in [9.17, 15) is 0 Å². The number of fused-ring (bicyclic) bond motifs is 1. The lowest BCUT2D eigenvalue weighted by Gasteiger charge is -2.22. The molecule has 3 rings (SSSR count). The Morgan fingerprint density at radius 1 is 1.28 bits per heavy atom. The highest BCUT2D eigenvalue weighted by Crippen LogP contribution is 2.32. The molecule has 0 bridgehead atoms. The molecule has 1 heterocycles. The number of halogens is 1. The van der Waals surface area contributed by atoms with Crippen molar-refractivity contribution in [2.45, 2.75) is 18.8 Å². The van der Waals surface area contributed by atoms with Gasteiger partial charge in [0.25, 0.3) is 0 Å². The third-order valence-electron chi connectivity index (χ3n) is 3.38. The summed E-state index contributed by atoms with van der Waals surface area (Å²) in [5, 5.41) is 20.2. The number of benzene rings is 1. The second-order valence-electron chi connectivity index (χ2n) is 4.47. The fourth-order valence-electron chi connectivity index (χ4n) is 2.44. The molecule has 1 aromatic carbocycles. The molecular weight excluding hydrogens is 250 g/mol. The molecule has 1 aromatic heterocycles. The van der Waals surface area contributed by atoms with Crippen molar-refractivity contribution in [3.05, 3.63) is 52.3 Å². The summed E-state index contributed by atoms with van der Waals surface area (Å²) in [7, 11) is 0. The molecule has 0 fully saturated rings. The van der Waals surface area contributed by atoms with E-state index in [1.165, 1.54) is 5.56 Å². The minimum Gasteiger partial charge on any atom is -0.411 e. The Balaban J connectivity index is 1.95. The Bertz CT molecular complexity index is 589. The lowest BCUT2D eigenvalue weighted by molar-refractivity contribution is 0.317. The van der Waals surface area contributed by atoms with Gasteiger partial charge in [0.1, 0.15) is 0 Å². The van der Waals surface area contributed by atoms with Crippen LogP contribution >= 0.6 is 11.6 Å². The third-order valence-corrected chi connectivity index (χ3v) is 3.63. The van der Waals surface area contributed by atoms with Crippen LogP contribution in [0.25, 0.3) is 0 Å². The van der Waals surface area contributed by atoms with E-state index in [-0.39, 0.29) is 0 Å². The number of oxime groups is 1. The van der Waals surface area contributed by atoms with E-state index in [1.54, 1.807) is 6.20 Å². The first-order chi connectivity index (χ1) is 8.78. The van der Waals surface area contributed by atoms with Crippen molar-refractivity contribution >= 4 is 17.3 Å². The molecule has 0 saturated carbocycles. The third kappa shape index (κ3) is 1.88. The predicted octanol–water partition coefficient (Wildman–Crippen LogP) is 2.97. The monoisotopic (exact) mass is 261 g/mol. The Morgan fingerprint density at radius 2 is 2.06 bits per heavy atom. The molecule has 2 N–H and O–H groups in total. The van der Waals surface area contributed by atoms with Crippen LogP contribution in [-0.2, 0) is 6.42 Å². The molecule has 92 valence electrons. The zero-order valence-corrected chi connectivity index (χ0v) is 10.4. The number of aromatic nitrogens is 2. The van der Waals surface area contributed by atoms with Crippen LogP contribution in [0.3, 0.4) is 0 Å². The highest BCUT2D eigenvalue weighted by atomic mass is 35.5. The average molecular weight is 262 g/mol. The van der Waals surface area contributed by atoms with Gasteiger partial charge in [-0.2, -0.15) is 5.10 Å². The molecule has 1 atom stereocenters. The number of H-pyrrole nitrogens is 1. The number of nitrogens with zero attached hydrogens (tertiary/aromatic N) is 2. The van der Waals surface area contributed by atoms with Gasteiger partial charge >= 0.3 is 0 Å². The SMILES string of the molecule is O/N=C1\CC(c2ccc(Cl)cc2)Cc2[nH]ncc21. The molecule has 0 spiro atoms. The van der Waals surface area contributed by atoms with Crippen molar-refractivity contribution in [2.24, 2.45) is 5.16 Å². The minimum absolute atomic E-state index is 0.293. The zero-order chi connectivity index (χ0) is 12.5. The molecule has 4 nitrogen and oxygen atoms in total. The zero-order valence-electron chi connectivity index (χ0n) is 9.60. The highest BCUT2D eigenvalue weighted by Gasteiger charge is 2.26. The van der Waals surface area contributed by atoms with E-state index in [1.807, 2.05) is 24.3 Å². The largest absolute Gasteiger partial charge is 0.411 e. The van der Waals surface area contributed by atoms with Gasteiger partial charge in [-0.15, -0.1) is 0 Å². The van der Waals surface area contributed by atoms with Gasteiger partial charge < -0.3 is 5.21 Å². The maximum Gasteiger partial charge on any atom is 0.0908 e. The van der Waals surface area contributed by atoms with Gasteiger partial charge in [-0.25, -0.2) is 0 Å². The second kappa shape index (κ2) is 4.46. The van der Waals surface area contributed by atoms with Crippen LogP contribution in [0.15, 0.2) is 35.6 Å². The number of hydrogen-bond donors (Lipinski definition) is 2. The smallest absolute Gasteiger partial charge is 0.0908 e. The molecule has 5 heteroatoms. The molecule has 0 amide bonds. The number of rotatable bonds is 1. The van der Waals surface area contributed by atoms with Crippen LogP contribution < -0.4 is 0 Å². The number of hydrogen-bond acceptors (Lipinski definition) is 3. The minimum atomic E-state index is 0.293. The van der Waals surface area contributed by atoms with E-state index < -0.39 is 0 Å². The Kier molecular flexibility index (Phi) is 2.80. The summed E-state index contributed by atoms with van der Waals surface area (Å²) in [6.07, 6.45) is 3.29. The normalized spacial score (nSPS) is 20.9. The van der Waals surface area contributed by atoms with Crippen molar-refractivity contribution in [3.63, 3.8) is 0 Å². The second-order valence-corrected chi connectivity index (χ2v) is 4.90. The average Bonchev–Trinajstić information content (AvgIpc) is 2.86. The summed E-state index contributed by atoms with van der Waals surface area (Å²) in [5.74, 6) is 0.293. The van der Waals surface area contributed by atoms with Crippen molar-refractivity contribution in [1.82, 2.24) is 10.2 Å². The summed E-state index contributed by atoms with van der Waals surface area (Å²) < 4.78 is 0. The van der Waals surface area contributed by atoms with Crippen molar-refractivity contribution < 1.29 is 5.21 Å². The van der Waals surface area contributed by atoms with Gasteiger partial charge in [-0.1, -0.05) is 28.9 Å². The first-order valence-corrected chi connectivity index (χ1v) is 6.14. The Labute approximate surface area is 109 Å². The van der Waals surface area contributed by atoms with Crippen LogP contribution in [0.2, 0.25) is 5.02 Å². The van der Waals surface area contributed by atoms with Crippen LogP contribution in [0.5, 0.6) is 0 Å². The van der Waals surface area contributed by atoms with Gasteiger partial charge in [0, 0.05) is 22.7 Å². The maximum atomic E-state index is 9.09. The molecule has 18 heavy (non-hydrogen) atoms. The van der Waals surface area contributed by atoms with Crippen molar-refractivity contribution in [1.29, 1.82) is 0 Å². The molecular formula is C13H12ClN3O. The van der Waals surface area contributed by atoms with E-state index in [2.05, 4.69) is 15.4 Å². The van der Waals surface area contributed by atoms with Gasteiger partial charge in [-0.05, 0) is 30.0 Å². The maximum absolute atomic E-state index is 9.09. The summed E-state index contributed by atoms with van der Waals surface area (Å²) in [5.41, 5.74) is 3.82. The summed E-state index contributed by atoms with van der Waals surface area (Å²) in [6, 6.07) is 7.80. The molecule has 1 aliphatic rings.